The molecule has 0 aliphatic heterocycles. The molecule has 6 heteroatoms. The van der Waals surface area contributed by atoms with Crippen LogP contribution in [0.1, 0.15) is 4.88 Å². The van der Waals surface area contributed by atoms with Gasteiger partial charge in [-0.25, -0.2) is 0 Å². The van der Waals surface area contributed by atoms with Gasteiger partial charge in [-0.15, -0.1) is 11.3 Å². The van der Waals surface area contributed by atoms with Crippen LogP contribution in [0.2, 0.25) is 0 Å². The Labute approximate surface area is 103 Å². The molecule has 2 N–H and O–H groups in total. The Kier molecular flexibility index (Phi) is 5.42. The van der Waals surface area contributed by atoms with Crippen LogP contribution < -0.4 is 5.73 Å². The molecule has 1 aromatic heterocycles. The van der Waals surface area contributed by atoms with Crippen LogP contribution >= 0.6 is 11.3 Å². The van der Waals surface area contributed by atoms with Crippen molar-refractivity contribution in [3.63, 3.8) is 0 Å². The lowest BCUT2D eigenvalue weighted by atomic mass is 10.1. The Hall–Kier alpha value is -0.590. The standard InChI is InChI=1S/C11H17F3N2S/c1-16(5-4-10-3-2-6-17-10)8-9(7-15)11(12,13)14/h2-3,6,9H,4-5,7-8,15H2,1H3. The van der Waals surface area contributed by atoms with E-state index in [0.717, 1.165) is 6.42 Å². The van der Waals surface area contributed by atoms with Crippen LogP contribution in [-0.2, 0) is 6.42 Å². The molecule has 1 aromatic rings. The first-order chi connectivity index (χ1) is 7.93. The molecular weight excluding hydrogens is 249 g/mol. The van der Waals surface area contributed by atoms with E-state index in [1.807, 2.05) is 17.5 Å². The molecule has 2 nitrogen and oxygen atoms in total. The summed E-state index contributed by atoms with van der Waals surface area (Å²) >= 11 is 1.62. The van der Waals surface area contributed by atoms with Crippen molar-refractivity contribution in [2.45, 2.75) is 12.6 Å². The van der Waals surface area contributed by atoms with Gasteiger partial charge < -0.3 is 10.6 Å². The highest BCUT2D eigenvalue weighted by molar-refractivity contribution is 7.09. The molecule has 0 saturated carbocycles. The zero-order valence-electron chi connectivity index (χ0n) is 9.70. The predicted molar refractivity (Wildman–Crippen MR) is 64.1 cm³/mol. The van der Waals surface area contributed by atoms with E-state index in [4.69, 9.17) is 5.73 Å². The van der Waals surface area contributed by atoms with Crippen molar-refractivity contribution in [1.82, 2.24) is 4.90 Å². The molecule has 0 spiro atoms. The third-order valence-electron chi connectivity index (χ3n) is 2.60. The molecule has 0 radical (unpaired) electrons. The molecule has 98 valence electrons. The summed E-state index contributed by atoms with van der Waals surface area (Å²) in [5.41, 5.74) is 5.15. The van der Waals surface area contributed by atoms with Crippen LogP contribution in [-0.4, -0.2) is 37.8 Å². The Morgan fingerprint density at radius 3 is 2.65 bits per heavy atom. The second-order valence-corrected chi connectivity index (χ2v) is 5.10. The Morgan fingerprint density at radius 2 is 2.18 bits per heavy atom. The van der Waals surface area contributed by atoms with E-state index in [2.05, 4.69) is 0 Å². The first kappa shape index (κ1) is 14.5. The van der Waals surface area contributed by atoms with Crippen molar-refractivity contribution in [2.24, 2.45) is 11.7 Å². The summed E-state index contributed by atoms with van der Waals surface area (Å²) in [6.45, 7) is 0.227. The van der Waals surface area contributed by atoms with Gasteiger partial charge in [-0.05, 0) is 24.9 Å². The van der Waals surface area contributed by atoms with E-state index in [0.29, 0.717) is 6.54 Å². The second kappa shape index (κ2) is 6.37. The molecule has 0 saturated heterocycles. The third-order valence-corrected chi connectivity index (χ3v) is 3.54. The molecule has 0 aliphatic carbocycles. The van der Waals surface area contributed by atoms with Crippen molar-refractivity contribution in [3.05, 3.63) is 22.4 Å². The van der Waals surface area contributed by atoms with Gasteiger partial charge in [0.25, 0.3) is 0 Å². The van der Waals surface area contributed by atoms with Gasteiger partial charge in [0.2, 0.25) is 0 Å². The van der Waals surface area contributed by atoms with Crippen molar-refractivity contribution >= 4 is 11.3 Å². The molecule has 0 amide bonds. The Bertz CT molecular complexity index is 311. The Balaban J connectivity index is 2.35. The molecular formula is C11H17F3N2S. The number of nitrogens with zero attached hydrogens (tertiary/aromatic N) is 1. The maximum absolute atomic E-state index is 12.5. The van der Waals surface area contributed by atoms with Gasteiger partial charge in [0.15, 0.2) is 0 Å². The Morgan fingerprint density at radius 1 is 1.47 bits per heavy atom. The van der Waals surface area contributed by atoms with Crippen LogP contribution in [0.15, 0.2) is 17.5 Å². The average Bonchev–Trinajstić information content (AvgIpc) is 2.74. The van der Waals surface area contributed by atoms with Crippen molar-refractivity contribution in [1.29, 1.82) is 0 Å². The number of alkyl halides is 3. The number of hydrogen-bond donors (Lipinski definition) is 1. The van der Waals surface area contributed by atoms with Gasteiger partial charge in [0.05, 0.1) is 5.92 Å². The minimum Gasteiger partial charge on any atom is -0.330 e. The lowest BCUT2D eigenvalue weighted by Gasteiger charge is -2.24. The zero-order valence-corrected chi connectivity index (χ0v) is 10.5. The smallest absolute Gasteiger partial charge is 0.330 e. The molecule has 0 aromatic carbocycles. The van der Waals surface area contributed by atoms with Crippen molar-refractivity contribution in [2.75, 3.05) is 26.7 Å². The van der Waals surface area contributed by atoms with E-state index in [-0.39, 0.29) is 13.1 Å². The fourth-order valence-corrected chi connectivity index (χ4v) is 2.23. The van der Waals surface area contributed by atoms with Gasteiger partial charge in [-0.2, -0.15) is 13.2 Å². The highest BCUT2D eigenvalue weighted by atomic mass is 32.1. The van der Waals surface area contributed by atoms with E-state index < -0.39 is 12.1 Å². The summed E-state index contributed by atoms with van der Waals surface area (Å²) in [5.74, 6) is -1.43. The monoisotopic (exact) mass is 266 g/mol. The number of thiophene rings is 1. The summed E-state index contributed by atoms with van der Waals surface area (Å²) in [5, 5.41) is 1.97. The van der Waals surface area contributed by atoms with Crippen molar-refractivity contribution < 1.29 is 13.2 Å². The molecule has 17 heavy (non-hydrogen) atoms. The third kappa shape index (κ3) is 5.06. The van der Waals surface area contributed by atoms with Gasteiger partial charge in [0.1, 0.15) is 0 Å². The molecule has 1 rings (SSSR count). The minimum atomic E-state index is -4.20. The number of nitrogens with two attached hydrogens (primary N) is 1. The highest BCUT2D eigenvalue weighted by Crippen LogP contribution is 2.25. The van der Waals surface area contributed by atoms with E-state index in [9.17, 15) is 13.2 Å². The second-order valence-electron chi connectivity index (χ2n) is 4.07. The molecule has 0 bridgehead atoms. The highest BCUT2D eigenvalue weighted by Gasteiger charge is 2.38. The summed E-state index contributed by atoms with van der Waals surface area (Å²) < 4.78 is 37.5. The number of likely N-dealkylation sites (N-methyl/N-ethyl adjacent to an activating group) is 1. The predicted octanol–water partition coefficient (Wildman–Crippen LogP) is 2.36. The zero-order chi connectivity index (χ0) is 12.9. The molecule has 0 fully saturated rings. The summed E-state index contributed by atoms with van der Waals surface area (Å²) in [6.07, 6.45) is -3.42. The van der Waals surface area contributed by atoms with Gasteiger partial charge in [0, 0.05) is 24.5 Å². The number of hydrogen-bond acceptors (Lipinski definition) is 3. The van der Waals surface area contributed by atoms with Crippen LogP contribution in [0.25, 0.3) is 0 Å². The van der Waals surface area contributed by atoms with Gasteiger partial charge in [-0.1, -0.05) is 6.07 Å². The maximum atomic E-state index is 12.5. The van der Waals surface area contributed by atoms with Crippen LogP contribution in [0.3, 0.4) is 0 Å². The van der Waals surface area contributed by atoms with Crippen LogP contribution in [0.5, 0.6) is 0 Å². The fourth-order valence-electron chi connectivity index (χ4n) is 1.54. The summed E-state index contributed by atoms with van der Waals surface area (Å²) in [4.78, 5) is 2.87. The topological polar surface area (TPSA) is 29.3 Å². The summed E-state index contributed by atoms with van der Waals surface area (Å²) in [6, 6.07) is 3.93. The van der Waals surface area contributed by atoms with Crippen molar-refractivity contribution in [3.8, 4) is 0 Å². The molecule has 1 atom stereocenters. The first-order valence-electron chi connectivity index (χ1n) is 5.41. The maximum Gasteiger partial charge on any atom is 0.394 e. The lowest BCUT2D eigenvalue weighted by molar-refractivity contribution is -0.175. The summed E-state index contributed by atoms with van der Waals surface area (Å²) in [7, 11) is 1.70. The number of halogens is 3. The normalized spacial score (nSPS) is 14.2. The average molecular weight is 266 g/mol. The molecule has 0 aliphatic rings. The van der Waals surface area contributed by atoms with Crippen LogP contribution in [0.4, 0.5) is 13.2 Å². The largest absolute Gasteiger partial charge is 0.394 e. The minimum absolute atomic E-state index is 0.0363. The fraction of sp³-hybridized carbons (Fsp3) is 0.636. The lowest BCUT2D eigenvalue weighted by Crippen LogP contribution is -2.40. The SMILES string of the molecule is CN(CCc1cccs1)CC(CN)C(F)(F)F. The van der Waals surface area contributed by atoms with E-state index in [1.54, 1.807) is 23.3 Å². The first-order valence-corrected chi connectivity index (χ1v) is 6.29. The van der Waals surface area contributed by atoms with E-state index in [1.165, 1.54) is 4.88 Å². The van der Waals surface area contributed by atoms with E-state index >= 15 is 0 Å². The van der Waals surface area contributed by atoms with Gasteiger partial charge >= 0.3 is 6.18 Å². The molecule has 1 heterocycles. The van der Waals surface area contributed by atoms with Gasteiger partial charge in [-0.3, -0.25) is 0 Å². The quantitative estimate of drug-likeness (QED) is 0.856. The number of rotatable bonds is 6. The molecule has 1 unspecified atom stereocenters. The van der Waals surface area contributed by atoms with Crippen LogP contribution in [0, 0.1) is 5.92 Å².